The molecular formula is C12H21ClN4O3. The van der Waals surface area contributed by atoms with Crippen molar-refractivity contribution in [3.05, 3.63) is 23.5 Å². The Hall–Kier alpha value is -1.57. The summed E-state index contributed by atoms with van der Waals surface area (Å²) in [6.07, 6.45) is 1.54. The fourth-order valence-electron chi connectivity index (χ4n) is 1.58. The summed E-state index contributed by atoms with van der Waals surface area (Å²) in [5, 5.41) is 5.86. The molecule has 0 saturated carbocycles. The largest absolute Gasteiger partial charge is 0.383 e. The lowest BCUT2D eigenvalue weighted by Crippen LogP contribution is -2.33. The zero-order valence-electron chi connectivity index (χ0n) is 11.6. The summed E-state index contributed by atoms with van der Waals surface area (Å²) in [4.78, 5) is 22.9. The SMILES string of the molecule is COCCNCCNC(=O)c1cc(C(N)=O)cn1C.Cl. The highest BCUT2D eigenvalue weighted by molar-refractivity contribution is 5.98. The topological polar surface area (TPSA) is 98.4 Å². The Balaban J connectivity index is 0.00000361. The van der Waals surface area contributed by atoms with Crippen LogP contribution in [0.3, 0.4) is 0 Å². The molecule has 0 aromatic carbocycles. The minimum Gasteiger partial charge on any atom is -0.383 e. The number of amides is 2. The van der Waals surface area contributed by atoms with Gasteiger partial charge < -0.3 is 25.7 Å². The number of nitrogens with zero attached hydrogens (tertiary/aromatic N) is 1. The maximum absolute atomic E-state index is 11.9. The van der Waals surface area contributed by atoms with Crippen molar-refractivity contribution in [1.29, 1.82) is 0 Å². The number of ether oxygens (including phenoxy) is 1. The number of halogens is 1. The fourth-order valence-corrected chi connectivity index (χ4v) is 1.58. The van der Waals surface area contributed by atoms with Crippen molar-refractivity contribution in [2.75, 3.05) is 33.4 Å². The van der Waals surface area contributed by atoms with E-state index in [1.165, 1.54) is 12.3 Å². The quantitative estimate of drug-likeness (QED) is 0.565. The van der Waals surface area contributed by atoms with E-state index in [1.54, 1.807) is 18.7 Å². The maximum atomic E-state index is 11.9. The average Bonchev–Trinajstić information content (AvgIpc) is 2.76. The van der Waals surface area contributed by atoms with E-state index in [2.05, 4.69) is 10.6 Å². The highest BCUT2D eigenvalue weighted by atomic mass is 35.5. The van der Waals surface area contributed by atoms with Crippen LogP contribution in [0.2, 0.25) is 0 Å². The maximum Gasteiger partial charge on any atom is 0.267 e. The van der Waals surface area contributed by atoms with E-state index in [9.17, 15) is 9.59 Å². The number of carbonyl (C=O) groups excluding carboxylic acids is 2. The summed E-state index contributed by atoms with van der Waals surface area (Å²) in [7, 11) is 3.33. The summed E-state index contributed by atoms with van der Waals surface area (Å²) in [5.74, 6) is -0.778. The molecule has 0 aliphatic heterocycles. The predicted molar refractivity (Wildman–Crippen MR) is 78.3 cm³/mol. The number of methoxy groups -OCH3 is 1. The lowest BCUT2D eigenvalue weighted by atomic mass is 10.3. The van der Waals surface area contributed by atoms with Gasteiger partial charge in [-0.2, -0.15) is 0 Å². The van der Waals surface area contributed by atoms with E-state index in [0.29, 0.717) is 31.0 Å². The summed E-state index contributed by atoms with van der Waals surface area (Å²) in [6.45, 7) is 2.53. The summed E-state index contributed by atoms with van der Waals surface area (Å²) in [6, 6.07) is 1.48. The van der Waals surface area contributed by atoms with Gasteiger partial charge in [0.2, 0.25) is 5.91 Å². The van der Waals surface area contributed by atoms with Crippen molar-refractivity contribution < 1.29 is 14.3 Å². The predicted octanol–water partition coefficient (Wildman–Crippen LogP) is -0.488. The highest BCUT2D eigenvalue weighted by Gasteiger charge is 2.13. The first-order valence-corrected chi connectivity index (χ1v) is 6.00. The number of carbonyl (C=O) groups is 2. The van der Waals surface area contributed by atoms with Crippen LogP contribution in [0, 0.1) is 0 Å². The van der Waals surface area contributed by atoms with Gasteiger partial charge in [0.25, 0.3) is 5.91 Å². The van der Waals surface area contributed by atoms with E-state index in [-0.39, 0.29) is 18.3 Å². The standard InChI is InChI=1S/C12H20N4O3.ClH/c1-16-8-9(11(13)17)7-10(16)12(18)15-4-3-14-5-6-19-2;/h7-8,14H,3-6H2,1-2H3,(H2,13,17)(H,15,18);1H. The van der Waals surface area contributed by atoms with Crippen molar-refractivity contribution in [2.45, 2.75) is 0 Å². The Morgan fingerprint density at radius 2 is 2.05 bits per heavy atom. The first kappa shape index (κ1) is 18.4. The van der Waals surface area contributed by atoms with Crippen molar-refractivity contribution in [3.63, 3.8) is 0 Å². The van der Waals surface area contributed by atoms with Gasteiger partial charge in [0.05, 0.1) is 12.2 Å². The zero-order chi connectivity index (χ0) is 14.3. The molecular weight excluding hydrogens is 284 g/mol. The van der Waals surface area contributed by atoms with Gasteiger partial charge in [-0.05, 0) is 6.07 Å². The Bertz CT molecular complexity index is 448. The molecule has 1 aromatic heterocycles. The molecule has 0 bridgehead atoms. The lowest BCUT2D eigenvalue weighted by Gasteiger charge is -2.07. The monoisotopic (exact) mass is 304 g/mol. The molecule has 0 spiro atoms. The summed E-state index contributed by atoms with van der Waals surface area (Å²) in [5.41, 5.74) is 5.89. The lowest BCUT2D eigenvalue weighted by molar-refractivity contribution is 0.0945. The van der Waals surface area contributed by atoms with Gasteiger partial charge in [-0.25, -0.2) is 0 Å². The molecule has 4 N–H and O–H groups in total. The van der Waals surface area contributed by atoms with E-state index >= 15 is 0 Å². The number of nitrogens with one attached hydrogen (secondary N) is 2. The molecule has 7 nitrogen and oxygen atoms in total. The molecule has 0 aliphatic carbocycles. The molecule has 2 amide bonds. The molecule has 0 radical (unpaired) electrons. The van der Waals surface area contributed by atoms with Crippen LogP contribution in [0.15, 0.2) is 12.3 Å². The van der Waals surface area contributed by atoms with Crippen molar-refractivity contribution >= 4 is 24.2 Å². The van der Waals surface area contributed by atoms with E-state index < -0.39 is 5.91 Å². The van der Waals surface area contributed by atoms with Crippen LogP contribution in [0.25, 0.3) is 0 Å². The molecule has 1 aromatic rings. The van der Waals surface area contributed by atoms with Gasteiger partial charge in [-0.1, -0.05) is 0 Å². The number of hydrogen-bond acceptors (Lipinski definition) is 4. The van der Waals surface area contributed by atoms with Gasteiger partial charge >= 0.3 is 0 Å². The summed E-state index contributed by atoms with van der Waals surface area (Å²) >= 11 is 0. The van der Waals surface area contributed by atoms with Crippen LogP contribution in [0.1, 0.15) is 20.8 Å². The molecule has 1 rings (SSSR count). The smallest absolute Gasteiger partial charge is 0.267 e. The highest BCUT2D eigenvalue weighted by Crippen LogP contribution is 2.06. The Labute approximate surface area is 124 Å². The van der Waals surface area contributed by atoms with Crippen LogP contribution in [0.4, 0.5) is 0 Å². The van der Waals surface area contributed by atoms with Crippen LogP contribution in [-0.4, -0.2) is 49.7 Å². The Morgan fingerprint density at radius 3 is 2.60 bits per heavy atom. The number of nitrogens with two attached hydrogens (primary N) is 1. The third kappa shape index (κ3) is 5.60. The second kappa shape index (κ2) is 9.35. The second-order valence-corrected chi connectivity index (χ2v) is 4.09. The molecule has 0 fully saturated rings. The number of aryl methyl sites for hydroxylation is 1. The van der Waals surface area contributed by atoms with Gasteiger partial charge in [-0.15, -0.1) is 12.4 Å². The molecule has 114 valence electrons. The Kier molecular flexibility index (Phi) is 8.62. The molecule has 0 unspecified atom stereocenters. The normalized spacial score (nSPS) is 9.90. The summed E-state index contributed by atoms with van der Waals surface area (Å²) < 4.78 is 6.46. The van der Waals surface area contributed by atoms with Crippen LogP contribution in [-0.2, 0) is 11.8 Å². The first-order valence-electron chi connectivity index (χ1n) is 6.00. The molecule has 0 saturated heterocycles. The molecule has 1 heterocycles. The number of primary amides is 1. The van der Waals surface area contributed by atoms with Crippen LogP contribution in [0.5, 0.6) is 0 Å². The van der Waals surface area contributed by atoms with Gasteiger partial charge in [-0.3, -0.25) is 9.59 Å². The van der Waals surface area contributed by atoms with Crippen molar-refractivity contribution in [2.24, 2.45) is 12.8 Å². The minimum atomic E-state index is -0.545. The molecule has 0 atom stereocenters. The van der Waals surface area contributed by atoms with E-state index in [4.69, 9.17) is 10.5 Å². The molecule has 20 heavy (non-hydrogen) atoms. The third-order valence-electron chi connectivity index (χ3n) is 2.59. The van der Waals surface area contributed by atoms with Crippen molar-refractivity contribution in [1.82, 2.24) is 15.2 Å². The molecule has 0 aliphatic rings. The van der Waals surface area contributed by atoms with Gasteiger partial charge in [0, 0.05) is 40.0 Å². The first-order chi connectivity index (χ1) is 9.06. The minimum absolute atomic E-state index is 0. The van der Waals surface area contributed by atoms with Crippen LogP contribution >= 0.6 is 12.4 Å². The van der Waals surface area contributed by atoms with Crippen molar-refractivity contribution in [3.8, 4) is 0 Å². The molecule has 8 heteroatoms. The number of aromatic nitrogens is 1. The third-order valence-corrected chi connectivity index (χ3v) is 2.59. The number of rotatable bonds is 8. The van der Waals surface area contributed by atoms with E-state index in [1.807, 2.05) is 0 Å². The fraction of sp³-hybridized carbons (Fsp3) is 0.500. The van der Waals surface area contributed by atoms with Crippen LogP contribution < -0.4 is 16.4 Å². The van der Waals surface area contributed by atoms with Gasteiger partial charge in [0.15, 0.2) is 0 Å². The Morgan fingerprint density at radius 1 is 1.35 bits per heavy atom. The second-order valence-electron chi connectivity index (χ2n) is 4.09. The number of hydrogen-bond donors (Lipinski definition) is 3. The van der Waals surface area contributed by atoms with E-state index in [0.717, 1.165) is 6.54 Å². The average molecular weight is 305 g/mol. The zero-order valence-corrected chi connectivity index (χ0v) is 12.5. The van der Waals surface area contributed by atoms with Gasteiger partial charge in [0.1, 0.15) is 5.69 Å².